The zero-order chi connectivity index (χ0) is 13.0. The minimum atomic E-state index is 0.443. The molecule has 0 saturated heterocycles. The van der Waals surface area contributed by atoms with E-state index in [1.165, 1.54) is 36.8 Å². The summed E-state index contributed by atoms with van der Waals surface area (Å²) in [6, 6.07) is 10.0. The molecule has 1 aliphatic rings. The van der Waals surface area contributed by atoms with Crippen LogP contribution < -0.4 is 5.73 Å². The molecule has 2 rings (SSSR count). The minimum Gasteiger partial charge on any atom is -0.328 e. The maximum atomic E-state index is 5.99. The fourth-order valence-electron chi connectivity index (χ4n) is 3.01. The first-order valence-electron chi connectivity index (χ1n) is 7.24. The summed E-state index contributed by atoms with van der Waals surface area (Å²) in [4.78, 5) is 2.61. The number of hydrogen-bond donors (Lipinski definition) is 1. The molecule has 0 unspecified atom stereocenters. The van der Waals surface area contributed by atoms with Crippen molar-refractivity contribution < 1.29 is 0 Å². The predicted octanol–water partition coefficient (Wildman–Crippen LogP) is 3.09. The van der Waals surface area contributed by atoms with Gasteiger partial charge in [-0.1, -0.05) is 36.8 Å². The van der Waals surface area contributed by atoms with Crippen molar-refractivity contribution in [3.05, 3.63) is 35.4 Å². The van der Waals surface area contributed by atoms with Crippen LogP contribution >= 0.6 is 0 Å². The monoisotopic (exact) mass is 246 g/mol. The average Bonchev–Trinajstić information content (AvgIpc) is 2.37. The predicted molar refractivity (Wildman–Crippen MR) is 77.5 cm³/mol. The van der Waals surface area contributed by atoms with E-state index >= 15 is 0 Å². The van der Waals surface area contributed by atoms with E-state index in [2.05, 4.69) is 43.0 Å². The third-order valence-corrected chi connectivity index (χ3v) is 4.13. The summed E-state index contributed by atoms with van der Waals surface area (Å²) in [5.41, 5.74) is 8.79. The number of benzene rings is 1. The molecular weight excluding hydrogens is 220 g/mol. The molecule has 100 valence electrons. The Hall–Kier alpha value is -0.860. The van der Waals surface area contributed by atoms with E-state index < -0.39 is 0 Å². The molecule has 1 fully saturated rings. The van der Waals surface area contributed by atoms with Gasteiger partial charge in [0.15, 0.2) is 0 Å². The fraction of sp³-hybridized carbons (Fsp3) is 0.625. The number of nitrogens with two attached hydrogens (primary N) is 1. The van der Waals surface area contributed by atoms with Crippen molar-refractivity contribution in [1.29, 1.82) is 0 Å². The number of nitrogens with zero attached hydrogens (tertiary/aromatic N) is 1. The first-order valence-corrected chi connectivity index (χ1v) is 7.24. The smallest absolute Gasteiger partial charge is 0.0236 e. The summed E-state index contributed by atoms with van der Waals surface area (Å²) >= 11 is 0. The van der Waals surface area contributed by atoms with Crippen LogP contribution in [0.15, 0.2) is 24.3 Å². The quantitative estimate of drug-likeness (QED) is 0.884. The third kappa shape index (κ3) is 3.56. The standard InChI is InChI=1S/C16H26N2/c1-3-18(16-9-7-15(17)8-10-16)12-14-6-4-5-13(2)11-14/h4-6,11,15-16H,3,7-10,12,17H2,1-2H3. The summed E-state index contributed by atoms with van der Waals surface area (Å²) in [6.07, 6.45) is 4.91. The molecule has 0 aliphatic heterocycles. The van der Waals surface area contributed by atoms with E-state index in [4.69, 9.17) is 5.73 Å². The maximum Gasteiger partial charge on any atom is 0.0236 e. The van der Waals surface area contributed by atoms with Gasteiger partial charge in [-0.3, -0.25) is 4.90 Å². The number of rotatable bonds is 4. The van der Waals surface area contributed by atoms with Gasteiger partial charge < -0.3 is 5.73 Å². The molecular formula is C16H26N2. The van der Waals surface area contributed by atoms with Gasteiger partial charge in [0.25, 0.3) is 0 Å². The second kappa shape index (κ2) is 6.35. The highest BCUT2D eigenvalue weighted by atomic mass is 15.1. The maximum absolute atomic E-state index is 5.99. The van der Waals surface area contributed by atoms with Crippen LogP contribution in [0.5, 0.6) is 0 Å². The highest BCUT2D eigenvalue weighted by Gasteiger charge is 2.23. The number of hydrogen-bond acceptors (Lipinski definition) is 2. The molecule has 0 spiro atoms. The summed E-state index contributed by atoms with van der Waals surface area (Å²) in [6.45, 7) is 6.65. The van der Waals surface area contributed by atoms with Crippen molar-refractivity contribution in [2.75, 3.05) is 6.54 Å². The van der Waals surface area contributed by atoms with E-state index in [-0.39, 0.29) is 0 Å². The highest BCUT2D eigenvalue weighted by Crippen LogP contribution is 2.23. The SMILES string of the molecule is CCN(Cc1cccc(C)c1)C1CCC(N)CC1. The Kier molecular flexibility index (Phi) is 4.79. The lowest BCUT2D eigenvalue weighted by atomic mass is 9.90. The Morgan fingerprint density at radius 3 is 2.56 bits per heavy atom. The van der Waals surface area contributed by atoms with Gasteiger partial charge in [-0.25, -0.2) is 0 Å². The molecule has 0 bridgehead atoms. The third-order valence-electron chi connectivity index (χ3n) is 4.13. The molecule has 0 radical (unpaired) electrons. The van der Waals surface area contributed by atoms with E-state index in [1.807, 2.05) is 0 Å². The Morgan fingerprint density at radius 2 is 1.94 bits per heavy atom. The van der Waals surface area contributed by atoms with Gasteiger partial charge >= 0.3 is 0 Å². The largest absolute Gasteiger partial charge is 0.328 e. The molecule has 0 atom stereocenters. The molecule has 1 aromatic rings. The Bertz CT molecular complexity index is 367. The van der Waals surface area contributed by atoms with Crippen LogP contribution in [0.3, 0.4) is 0 Å². The molecule has 1 saturated carbocycles. The lowest BCUT2D eigenvalue weighted by molar-refractivity contribution is 0.149. The van der Waals surface area contributed by atoms with Gasteiger partial charge in [-0.15, -0.1) is 0 Å². The van der Waals surface area contributed by atoms with Crippen LogP contribution in [-0.2, 0) is 6.54 Å². The van der Waals surface area contributed by atoms with E-state index in [0.29, 0.717) is 6.04 Å². The van der Waals surface area contributed by atoms with Gasteiger partial charge in [0.2, 0.25) is 0 Å². The van der Waals surface area contributed by atoms with Gasteiger partial charge in [0.05, 0.1) is 0 Å². The second-order valence-electron chi connectivity index (χ2n) is 5.62. The van der Waals surface area contributed by atoms with Crippen molar-refractivity contribution in [1.82, 2.24) is 4.90 Å². The van der Waals surface area contributed by atoms with Gasteiger partial charge in [0, 0.05) is 18.6 Å². The first-order chi connectivity index (χ1) is 8.69. The summed E-state index contributed by atoms with van der Waals surface area (Å²) in [7, 11) is 0. The van der Waals surface area contributed by atoms with Crippen molar-refractivity contribution in [3.8, 4) is 0 Å². The fourth-order valence-corrected chi connectivity index (χ4v) is 3.01. The second-order valence-corrected chi connectivity index (χ2v) is 5.62. The van der Waals surface area contributed by atoms with Crippen molar-refractivity contribution in [2.24, 2.45) is 5.73 Å². The van der Waals surface area contributed by atoms with Crippen LogP contribution in [0.4, 0.5) is 0 Å². The Balaban J connectivity index is 1.96. The highest BCUT2D eigenvalue weighted by molar-refractivity contribution is 5.22. The molecule has 18 heavy (non-hydrogen) atoms. The zero-order valence-corrected chi connectivity index (χ0v) is 11.7. The molecule has 0 heterocycles. The molecule has 1 aliphatic carbocycles. The van der Waals surface area contributed by atoms with Crippen LogP contribution in [-0.4, -0.2) is 23.5 Å². The Morgan fingerprint density at radius 1 is 1.22 bits per heavy atom. The topological polar surface area (TPSA) is 29.3 Å². The summed E-state index contributed by atoms with van der Waals surface area (Å²) in [5.74, 6) is 0. The molecule has 2 nitrogen and oxygen atoms in total. The average molecular weight is 246 g/mol. The molecule has 0 amide bonds. The molecule has 0 aromatic heterocycles. The first kappa shape index (κ1) is 13.6. The van der Waals surface area contributed by atoms with Crippen LogP contribution in [0.2, 0.25) is 0 Å². The van der Waals surface area contributed by atoms with Gasteiger partial charge in [-0.2, -0.15) is 0 Å². The van der Waals surface area contributed by atoms with Gasteiger partial charge in [-0.05, 0) is 44.7 Å². The zero-order valence-electron chi connectivity index (χ0n) is 11.7. The summed E-state index contributed by atoms with van der Waals surface area (Å²) in [5, 5.41) is 0. The van der Waals surface area contributed by atoms with Crippen molar-refractivity contribution in [3.63, 3.8) is 0 Å². The molecule has 2 heteroatoms. The van der Waals surface area contributed by atoms with Crippen LogP contribution in [0, 0.1) is 6.92 Å². The number of aryl methyl sites for hydroxylation is 1. The minimum absolute atomic E-state index is 0.443. The molecule has 2 N–H and O–H groups in total. The van der Waals surface area contributed by atoms with Crippen LogP contribution in [0.25, 0.3) is 0 Å². The lowest BCUT2D eigenvalue weighted by Gasteiger charge is -2.35. The van der Waals surface area contributed by atoms with Crippen molar-refractivity contribution in [2.45, 2.75) is 58.2 Å². The van der Waals surface area contributed by atoms with Crippen LogP contribution in [0.1, 0.15) is 43.7 Å². The lowest BCUT2D eigenvalue weighted by Crippen LogP contribution is -2.40. The summed E-state index contributed by atoms with van der Waals surface area (Å²) < 4.78 is 0. The van der Waals surface area contributed by atoms with E-state index in [0.717, 1.165) is 19.1 Å². The van der Waals surface area contributed by atoms with E-state index in [9.17, 15) is 0 Å². The van der Waals surface area contributed by atoms with Gasteiger partial charge in [0.1, 0.15) is 0 Å². The molecule has 1 aromatic carbocycles. The Labute approximate surface area is 111 Å². The van der Waals surface area contributed by atoms with E-state index in [1.54, 1.807) is 0 Å². The van der Waals surface area contributed by atoms with Crippen molar-refractivity contribution >= 4 is 0 Å². The normalized spacial score (nSPS) is 24.4.